The molecule has 13 nitrogen and oxygen atoms in total. The Morgan fingerprint density at radius 1 is 0.483 bits per heavy atom. The Kier molecular flexibility index (Phi) is 18.6. The number of carbonyl (C=O) groups is 3. The lowest BCUT2D eigenvalue weighted by Gasteiger charge is -2.14. The van der Waals surface area contributed by atoms with Gasteiger partial charge in [-0.25, -0.2) is 9.59 Å². The first-order valence-electron chi connectivity index (χ1n) is 19.5. The molecule has 0 aliphatic heterocycles. The highest BCUT2D eigenvalue weighted by molar-refractivity contribution is 5.80. The van der Waals surface area contributed by atoms with Crippen LogP contribution in [0.3, 0.4) is 0 Å². The Bertz CT molecular complexity index is 1790. The first-order chi connectivity index (χ1) is 28.4. The second-order valence-electron chi connectivity index (χ2n) is 13.3. The van der Waals surface area contributed by atoms with Gasteiger partial charge in [0.05, 0.1) is 72.7 Å². The van der Waals surface area contributed by atoms with Gasteiger partial charge in [0.2, 0.25) is 0 Å². The number of carbonyl (C=O) groups excluding carboxylic acids is 2. The van der Waals surface area contributed by atoms with Gasteiger partial charge in [0, 0.05) is 25.3 Å². The first kappa shape index (κ1) is 44.0. The van der Waals surface area contributed by atoms with Crippen LogP contribution in [0.4, 0.5) is 4.79 Å². The van der Waals surface area contributed by atoms with E-state index < -0.39 is 12.1 Å². The van der Waals surface area contributed by atoms with E-state index in [-0.39, 0.29) is 37.6 Å². The SMILES string of the molecule is CC(=O)OCC1c2ccccc2-c2ccccc21.O=C(O)COCCOCCOCCOCCOCCOCCNC(=O)OCC1c2ccccc2-c2ccccc21. The zero-order valence-corrected chi connectivity index (χ0v) is 32.9. The summed E-state index contributed by atoms with van der Waals surface area (Å²) in [6, 6.07) is 33.1. The molecule has 0 saturated carbocycles. The fourth-order valence-corrected chi connectivity index (χ4v) is 6.77. The van der Waals surface area contributed by atoms with E-state index in [0.29, 0.717) is 79.2 Å². The van der Waals surface area contributed by atoms with Gasteiger partial charge < -0.3 is 48.3 Å². The van der Waals surface area contributed by atoms with E-state index in [4.69, 9.17) is 43.0 Å². The largest absolute Gasteiger partial charge is 0.480 e. The minimum Gasteiger partial charge on any atom is -0.480 e. The molecule has 0 fully saturated rings. The smallest absolute Gasteiger partial charge is 0.407 e. The third-order valence-corrected chi connectivity index (χ3v) is 9.36. The number of amides is 1. The molecule has 6 rings (SSSR count). The molecule has 2 aliphatic carbocycles. The molecule has 2 N–H and O–H groups in total. The number of benzene rings is 4. The summed E-state index contributed by atoms with van der Waals surface area (Å²) in [5, 5.41) is 11.1. The average Bonchev–Trinajstić information content (AvgIpc) is 3.73. The number of hydrogen-bond donors (Lipinski definition) is 2. The van der Waals surface area contributed by atoms with Crippen molar-refractivity contribution in [2.24, 2.45) is 0 Å². The van der Waals surface area contributed by atoms with Crippen LogP contribution in [0.2, 0.25) is 0 Å². The molecule has 0 atom stereocenters. The molecule has 0 saturated heterocycles. The molecule has 0 spiro atoms. The Hall–Kier alpha value is -5.15. The van der Waals surface area contributed by atoms with Crippen molar-refractivity contribution in [1.29, 1.82) is 0 Å². The summed E-state index contributed by atoms with van der Waals surface area (Å²) in [7, 11) is 0. The molecular formula is C45H53NO12. The molecule has 1 amide bonds. The lowest BCUT2D eigenvalue weighted by molar-refractivity contribution is -0.143. The maximum absolute atomic E-state index is 12.2. The molecule has 0 radical (unpaired) electrons. The van der Waals surface area contributed by atoms with Crippen LogP contribution >= 0.6 is 0 Å². The van der Waals surface area contributed by atoms with E-state index in [9.17, 15) is 14.4 Å². The monoisotopic (exact) mass is 799 g/mol. The van der Waals surface area contributed by atoms with Crippen LogP contribution in [-0.2, 0) is 47.5 Å². The van der Waals surface area contributed by atoms with Gasteiger partial charge in [-0.1, -0.05) is 97.1 Å². The Balaban J connectivity index is 0.000000293. The number of aliphatic carboxylic acids is 1. The lowest BCUT2D eigenvalue weighted by Crippen LogP contribution is -2.29. The van der Waals surface area contributed by atoms with Crippen LogP contribution in [0.1, 0.15) is 41.0 Å². The lowest BCUT2D eigenvalue weighted by atomic mass is 9.98. The number of rotatable bonds is 24. The maximum Gasteiger partial charge on any atom is 0.407 e. The van der Waals surface area contributed by atoms with Crippen molar-refractivity contribution < 1.29 is 57.4 Å². The number of esters is 1. The van der Waals surface area contributed by atoms with Crippen molar-refractivity contribution in [1.82, 2.24) is 5.32 Å². The topological polar surface area (TPSA) is 157 Å². The van der Waals surface area contributed by atoms with Crippen molar-refractivity contribution in [3.63, 3.8) is 0 Å². The number of ether oxygens (including phenoxy) is 8. The van der Waals surface area contributed by atoms with Crippen LogP contribution in [0.5, 0.6) is 0 Å². The molecule has 58 heavy (non-hydrogen) atoms. The average molecular weight is 800 g/mol. The van der Waals surface area contributed by atoms with Crippen LogP contribution < -0.4 is 5.32 Å². The van der Waals surface area contributed by atoms with E-state index in [2.05, 4.69) is 53.8 Å². The number of alkyl carbamates (subject to hydrolysis) is 1. The minimum atomic E-state index is -1.00. The normalized spacial score (nSPS) is 12.4. The van der Waals surface area contributed by atoms with E-state index in [1.807, 2.05) is 48.5 Å². The molecule has 310 valence electrons. The van der Waals surface area contributed by atoms with Crippen LogP contribution in [0.25, 0.3) is 22.3 Å². The zero-order chi connectivity index (χ0) is 40.8. The highest BCUT2D eigenvalue weighted by Gasteiger charge is 2.30. The third-order valence-electron chi connectivity index (χ3n) is 9.36. The zero-order valence-electron chi connectivity index (χ0n) is 32.9. The Morgan fingerprint density at radius 3 is 1.17 bits per heavy atom. The van der Waals surface area contributed by atoms with Gasteiger partial charge in [-0.2, -0.15) is 0 Å². The maximum atomic E-state index is 12.2. The highest BCUT2D eigenvalue weighted by Crippen LogP contribution is 2.45. The summed E-state index contributed by atoms with van der Waals surface area (Å²) in [4.78, 5) is 33.4. The van der Waals surface area contributed by atoms with Crippen molar-refractivity contribution in [2.45, 2.75) is 18.8 Å². The number of nitrogens with one attached hydrogen (secondary N) is 1. The second kappa shape index (κ2) is 24.6. The Morgan fingerprint density at radius 2 is 0.810 bits per heavy atom. The first-order valence-corrected chi connectivity index (χ1v) is 19.5. The highest BCUT2D eigenvalue weighted by atomic mass is 16.6. The number of carboxylic acid groups (broad SMARTS) is 1. The van der Waals surface area contributed by atoms with E-state index in [1.54, 1.807) is 0 Å². The molecule has 0 unspecified atom stereocenters. The summed E-state index contributed by atoms with van der Waals surface area (Å²) in [6.07, 6.45) is -0.460. The van der Waals surface area contributed by atoms with Crippen molar-refractivity contribution in [2.75, 3.05) is 99.0 Å². The van der Waals surface area contributed by atoms with Crippen LogP contribution in [0.15, 0.2) is 97.1 Å². The summed E-state index contributed by atoms with van der Waals surface area (Å²) >= 11 is 0. The van der Waals surface area contributed by atoms with Gasteiger partial charge in [0.25, 0.3) is 0 Å². The van der Waals surface area contributed by atoms with E-state index in [1.165, 1.54) is 51.4 Å². The van der Waals surface area contributed by atoms with Gasteiger partial charge in [0.1, 0.15) is 19.8 Å². The second-order valence-corrected chi connectivity index (χ2v) is 13.3. The van der Waals surface area contributed by atoms with Crippen molar-refractivity contribution >= 4 is 18.0 Å². The van der Waals surface area contributed by atoms with Gasteiger partial charge in [0.15, 0.2) is 0 Å². The van der Waals surface area contributed by atoms with Gasteiger partial charge in [-0.15, -0.1) is 0 Å². The van der Waals surface area contributed by atoms with Crippen LogP contribution in [-0.4, -0.2) is 122 Å². The molecule has 0 heterocycles. The molecule has 0 bridgehead atoms. The van der Waals surface area contributed by atoms with E-state index >= 15 is 0 Å². The standard InChI is InChI=1S/C29H39NO10.C16H14O2/c31-28(32)22-39-20-19-38-18-17-37-16-15-36-14-13-35-12-11-34-10-9-30-29(33)40-21-27-25-7-3-1-5-23(25)24-6-2-4-8-26(24)27;1-11(17)18-10-16-14-8-4-2-6-12(14)13-7-3-5-9-15(13)16/h1-8,27H,9-22H2,(H,30,33)(H,31,32);2-9,16H,10H2,1H3. The molecule has 2 aliphatic rings. The predicted molar refractivity (Wildman–Crippen MR) is 216 cm³/mol. The number of hydrogen-bond acceptors (Lipinski definition) is 11. The molecule has 4 aromatic carbocycles. The van der Waals surface area contributed by atoms with Gasteiger partial charge in [-0.3, -0.25) is 4.79 Å². The van der Waals surface area contributed by atoms with Crippen molar-refractivity contribution in [3.8, 4) is 22.3 Å². The molecule has 13 heteroatoms. The fourth-order valence-electron chi connectivity index (χ4n) is 6.77. The predicted octanol–water partition coefficient (Wildman–Crippen LogP) is 6.07. The summed E-state index contributed by atoms with van der Waals surface area (Å²) < 4.78 is 42.5. The molecular weight excluding hydrogens is 746 g/mol. The van der Waals surface area contributed by atoms with E-state index in [0.717, 1.165) is 0 Å². The van der Waals surface area contributed by atoms with Gasteiger partial charge in [-0.05, 0) is 44.5 Å². The molecule has 4 aromatic rings. The third kappa shape index (κ3) is 13.8. The fraction of sp³-hybridized carbons (Fsp3) is 0.400. The summed E-state index contributed by atoms with van der Waals surface area (Å²) in [5.74, 6) is -1.02. The summed E-state index contributed by atoms with van der Waals surface area (Å²) in [6.45, 7) is 6.55. The molecule has 0 aromatic heterocycles. The van der Waals surface area contributed by atoms with Crippen LogP contribution in [0, 0.1) is 0 Å². The summed E-state index contributed by atoms with van der Waals surface area (Å²) in [5.41, 5.74) is 9.76. The minimum absolute atomic E-state index is 0.0349. The van der Waals surface area contributed by atoms with Crippen molar-refractivity contribution in [3.05, 3.63) is 119 Å². The van der Waals surface area contributed by atoms with Gasteiger partial charge >= 0.3 is 18.0 Å². The Labute approximate surface area is 339 Å². The number of carboxylic acids is 1. The number of fused-ring (bicyclic) bond motifs is 6. The quantitative estimate of drug-likeness (QED) is 0.0624.